The Bertz CT molecular complexity index is 1400. The molecule has 1 aliphatic heterocycles. The zero-order chi connectivity index (χ0) is 24.6. The number of sulfonamides is 1. The van der Waals surface area contributed by atoms with E-state index in [0.717, 1.165) is 16.7 Å². The molecule has 3 aromatic rings. The van der Waals surface area contributed by atoms with Crippen molar-refractivity contribution >= 4 is 10.0 Å². The van der Waals surface area contributed by atoms with Crippen LogP contribution >= 0.6 is 0 Å². The van der Waals surface area contributed by atoms with Crippen molar-refractivity contribution in [1.29, 1.82) is 5.26 Å². The molecule has 0 radical (unpaired) electrons. The maximum atomic E-state index is 12.7. The van der Waals surface area contributed by atoms with Gasteiger partial charge in [-0.2, -0.15) is 10.2 Å². The van der Waals surface area contributed by atoms with Crippen LogP contribution in [-0.4, -0.2) is 65.2 Å². The van der Waals surface area contributed by atoms with Crippen molar-refractivity contribution in [1.82, 2.24) is 19.8 Å². The largest absolute Gasteiger partial charge is 0.507 e. The molecular formula is C24H25N5O5S. The van der Waals surface area contributed by atoms with E-state index in [1.807, 2.05) is 29.2 Å². The Labute approximate surface area is 202 Å². The zero-order valence-corrected chi connectivity index (χ0v) is 19.7. The number of aliphatic hydroxyl groups is 1. The molecule has 1 aromatic heterocycles. The molecule has 1 fully saturated rings. The average molecular weight is 496 g/mol. The number of phenols is 1. The summed E-state index contributed by atoms with van der Waals surface area (Å²) in [6.45, 7) is 1.61. The van der Waals surface area contributed by atoms with Gasteiger partial charge in [0, 0.05) is 36.8 Å². The van der Waals surface area contributed by atoms with E-state index in [1.54, 1.807) is 6.07 Å². The third-order valence-corrected chi connectivity index (χ3v) is 7.91. The van der Waals surface area contributed by atoms with E-state index in [1.165, 1.54) is 12.1 Å². The predicted molar refractivity (Wildman–Crippen MR) is 127 cm³/mol. The maximum absolute atomic E-state index is 12.7. The van der Waals surface area contributed by atoms with Gasteiger partial charge in [0.15, 0.2) is 0 Å². The van der Waals surface area contributed by atoms with Gasteiger partial charge in [0.05, 0.1) is 17.4 Å². The Hall–Kier alpha value is -3.30. The molecule has 35 heavy (non-hydrogen) atoms. The fraction of sp³-hybridized carbons (Fsp3) is 0.375. The molecule has 2 aliphatic rings. The first-order valence-corrected chi connectivity index (χ1v) is 13.1. The molecular weight excluding hydrogens is 470 g/mol. The highest BCUT2D eigenvalue weighted by molar-refractivity contribution is 7.89. The van der Waals surface area contributed by atoms with E-state index >= 15 is 0 Å². The standard InChI is InChI=1S/C24H25N5O5S/c25-13-16-12-15(4-7-22(16)31)24-26-23(27-34-24)20-3-1-2-19-18(20)5-6-21(19)28-35(32,33)11-10-29-9-8-17(30)14-29/h1-4,7,12,17,21,28,30-31H,5-6,8-11,14H2/t17-,21-/m0/s1. The molecule has 0 saturated carbocycles. The summed E-state index contributed by atoms with van der Waals surface area (Å²) >= 11 is 0. The molecule has 2 heterocycles. The van der Waals surface area contributed by atoms with Gasteiger partial charge in [0.2, 0.25) is 15.8 Å². The molecule has 3 N–H and O–H groups in total. The molecule has 2 aromatic carbocycles. The van der Waals surface area contributed by atoms with Crippen LogP contribution in [0.25, 0.3) is 22.8 Å². The average Bonchev–Trinajstić information content (AvgIpc) is 3.58. The van der Waals surface area contributed by atoms with Crippen LogP contribution in [0.5, 0.6) is 5.75 Å². The predicted octanol–water partition coefficient (Wildman–Crippen LogP) is 1.95. The molecule has 1 saturated heterocycles. The van der Waals surface area contributed by atoms with Gasteiger partial charge in [-0.1, -0.05) is 23.4 Å². The third-order valence-electron chi connectivity index (χ3n) is 6.55. The second-order valence-corrected chi connectivity index (χ2v) is 10.8. The highest BCUT2D eigenvalue weighted by Gasteiger charge is 2.30. The Kier molecular flexibility index (Phi) is 6.29. The topological polar surface area (TPSA) is 153 Å². The fourth-order valence-electron chi connectivity index (χ4n) is 4.74. The SMILES string of the molecule is N#Cc1cc(-c2nc(-c3cccc4c3CC[C@@H]4NS(=O)(=O)CCN3CC[C@H](O)C3)no2)ccc1O. The van der Waals surface area contributed by atoms with Gasteiger partial charge in [-0.3, -0.25) is 4.90 Å². The van der Waals surface area contributed by atoms with Gasteiger partial charge in [-0.05, 0) is 48.6 Å². The number of aromatic hydroxyl groups is 1. The number of fused-ring (bicyclic) bond motifs is 1. The number of nitrogens with zero attached hydrogens (tertiary/aromatic N) is 4. The smallest absolute Gasteiger partial charge is 0.258 e. The number of rotatable bonds is 7. The molecule has 1 aliphatic carbocycles. The first-order valence-electron chi connectivity index (χ1n) is 11.4. The van der Waals surface area contributed by atoms with Crippen molar-refractivity contribution in [3.8, 4) is 34.7 Å². The van der Waals surface area contributed by atoms with Crippen molar-refractivity contribution in [2.24, 2.45) is 0 Å². The van der Waals surface area contributed by atoms with E-state index in [2.05, 4.69) is 14.9 Å². The monoisotopic (exact) mass is 495 g/mol. The lowest BCUT2D eigenvalue weighted by atomic mass is 10.0. The van der Waals surface area contributed by atoms with Crippen molar-refractivity contribution in [2.75, 3.05) is 25.4 Å². The Morgan fingerprint density at radius 1 is 1.26 bits per heavy atom. The van der Waals surface area contributed by atoms with Crippen LogP contribution in [0.15, 0.2) is 40.9 Å². The number of likely N-dealkylation sites (tertiary alicyclic amines) is 1. The molecule has 5 rings (SSSR count). The first-order chi connectivity index (χ1) is 16.8. The van der Waals surface area contributed by atoms with E-state index < -0.39 is 10.0 Å². The number of aliphatic hydroxyl groups excluding tert-OH is 1. The molecule has 0 spiro atoms. The number of β-amino-alcohol motifs (C(OH)–C–C–N with tert-alkyl or cyclic N) is 1. The number of nitrogens with one attached hydrogen (secondary N) is 1. The maximum Gasteiger partial charge on any atom is 0.258 e. The van der Waals surface area contributed by atoms with E-state index in [-0.39, 0.29) is 35.1 Å². The molecule has 10 nitrogen and oxygen atoms in total. The van der Waals surface area contributed by atoms with Crippen LogP contribution in [0, 0.1) is 11.3 Å². The van der Waals surface area contributed by atoms with Crippen LogP contribution < -0.4 is 4.72 Å². The minimum absolute atomic E-state index is 0.0171. The number of hydrogen-bond acceptors (Lipinski definition) is 9. The number of benzene rings is 2. The number of hydrogen-bond donors (Lipinski definition) is 3. The number of nitriles is 1. The molecule has 0 bridgehead atoms. The number of aromatic nitrogens is 2. The Morgan fingerprint density at radius 3 is 2.89 bits per heavy atom. The number of phenolic OH excluding ortho intramolecular Hbond substituents is 1. The molecule has 182 valence electrons. The minimum atomic E-state index is -3.50. The van der Waals surface area contributed by atoms with Crippen LogP contribution in [0.4, 0.5) is 0 Å². The van der Waals surface area contributed by atoms with Gasteiger partial charge in [-0.15, -0.1) is 0 Å². The van der Waals surface area contributed by atoms with E-state index in [9.17, 15) is 18.6 Å². The zero-order valence-electron chi connectivity index (χ0n) is 18.9. The van der Waals surface area contributed by atoms with Crippen molar-refractivity contribution in [3.63, 3.8) is 0 Å². The minimum Gasteiger partial charge on any atom is -0.507 e. The van der Waals surface area contributed by atoms with Crippen LogP contribution in [0.2, 0.25) is 0 Å². The lowest BCUT2D eigenvalue weighted by Gasteiger charge is -2.18. The highest BCUT2D eigenvalue weighted by atomic mass is 32.2. The quantitative estimate of drug-likeness (QED) is 0.446. The lowest BCUT2D eigenvalue weighted by molar-refractivity contribution is 0.178. The van der Waals surface area contributed by atoms with Crippen molar-refractivity contribution in [3.05, 3.63) is 53.1 Å². The van der Waals surface area contributed by atoms with Gasteiger partial charge < -0.3 is 14.7 Å². The molecule has 0 amide bonds. The van der Waals surface area contributed by atoms with Gasteiger partial charge in [0.25, 0.3) is 5.89 Å². The summed E-state index contributed by atoms with van der Waals surface area (Å²) in [6.07, 6.45) is 1.59. The second kappa shape index (κ2) is 9.39. The van der Waals surface area contributed by atoms with E-state index in [4.69, 9.17) is 9.78 Å². The second-order valence-electron chi connectivity index (χ2n) is 8.91. The van der Waals surface area contributed by atoms with Gasteiger partial charge >= 0.3 is 0 Å². The molecule has 11 heteroatoms. The summed E-state index contributed by atoms with van der Waals surface area (Å²) < 4.78 is 33.7. The Morgan fingerprint density at radius 2 is 2.11 bits per heavy atom. The Balaban J connectivity index is 1.33. The summed E-state index contributed by atoms with van der Waals surface area (Å²) in [4.78, 5) is 6.44. The summed E-state index contributed by atoms with van der Waals surface area (Å²) in [6, 6.07) is 11.7. The van der Waals surface area contributed by atoms with Crippen LogP contribution in [-0.2, 0) is 16.4 Å². The van der Waals surface area contributed by atoms with Crippen molar-refractivity contribution < 1.29 is 23.2 Å². The summed E-state index contributed by atoms with van der Waals surface area (Å²) in [7, 11) is -3.50. The highest BCUT2D eigenvalue weighted by Crippen LogP contribution is 2.38. The normalized spacial score (nSPS) is 20.1. The summed E-state index contributed by atoms with van der Waals surface area (Å²) in [5, 5.41) is 32.6. The van der Waals surface area contributed by atoms with E-state index in [0.29, 0.717) is 50.3 Å². The van der Waals surface area contributed by atoms with Crippen LogP contribution in [0.3, 0.4) is 0 Å². The summed E-state index contributed by atoms with van der Waals surface area (Å²) in [5.74, 6) is 0.454. The van der Waals surface area contributed by atoms with Gasteiger partial charge in [0.1, 0.15) is 11.8 Å². The third kappa shape index (κ3) is 4.92. The van der Waals surface area contributed by atoms with Crippen LogP contribution in [0.1, 0.15) is 35.6 Å². The first kappa shape index (κ1) is 23.4. The fourth-order valence-corrected chi connectivity index (χ4v) is 6.03. The lowest BCUT2D eigenvalue weighted by Crippen LogP contribution is -2.35. The molecule has 0 unspecified atom stereocenters. The van der Waals surface area contributed by atoms with Crippen molar-refractivity contribution in [2.45, 2.75) is 31.4 Å². The molecule has 2 atom stereocenters. The van der Waals surface area contributed by atoms with Gasteiger partial charge in [-0.25, -0.2) is 13.1 Å². The summed E-state index contributed by atoms with van der Waals surface area (Å²) in [5.41, 5.74) is 3.26.